The summed E-state index contributed by atoms with van der Waals surface area (Å²) in [5.41, 5.74) is 2.32. The molecule has 1 heterocycles. The molecule has 4 nitrogen and oxygen atoms in total. The van der Waals surface area contributed by atoms with Crippen molar-refractivity contribution in [2.24, 2.45) is 0 Å². The number of nitrogens with zero attached hydrogens (tertiary/aromatic N) is 3. The van der Waals surface area contributed by atoms with Crippen molar-refractivity contribution in [2.45, 2.75) is 32.4 Å². The van der Waals surface area contributed by atoms with Crippen molar-refractivity contribution in [1.29, 1.82) is 0 Å². The average Bonchev–Trinajstić information content (AvgIpc) is 2.85. The van der Waals surface area contributed by atoms with Gasteiger partial charge in [0.15, 0.2) is 0 Å². The van der Waals surface area contributed by atoms with E-state index in [-0.39, 0.29) is 6.04 Å². The highest BCUT2D eigenvalue weighted by Crippen LogP contribution is 2.19. The monoisotopic (exact) mass is 278 g/mol. The van der Waals surface area contributed by atoms with Gasteiger partial charge in [0, 0.05) is 11.6 Å². The quantitative estimate of drug-likeness (QED) is 0.884. The van der Waals surface area contributed by atoms with E-state index >= 15 is 0 Å². The topological polar surface area (TPSA) is 42.7 Å². The van der Waals surface area contributed by atoms with Crippen LogP contribution in [0, 0.1) is 0 Å². The fourth-order valence-electron chi connectivity index (χ4n) is 2.18. The van der Waals surface area contributed by atoms with Crippen molar-refractivity contribution in [2.75, 3.05) is 7.05 Å². The average molecular weight is 279 g/mol. The van der Waals surface area contributed by atoms with Crippen molar-refractivity contribution in [1.82, 2.24) is 20.3 Å². The van der Waals surface area contributed by atoms with Gasteiger partial charge in [-0.25, -0.2) is 4.68 Å². The SMILES string of the molecule is CCCn1nncc1C(Cc1cccc(Cl)c1)NC. The van der Waals surface area contributed by atoms with Gasteiger partial charge in [-0.3, -0.25) is 0 Å². The van der Waals surface area contributed by atoms with E-state index in [0.29, 0.717) is 0 Å². The first kappa shape index (κ1) is 14.0. The molecule has 2 rings (SSSR count). The van der Waals surface area contributed by atoms with E-state index < -0.39 is 0 Å². The highest BCUT2D eigenvalue weighted by atomic mass is 35.5. The van der Waals surface area contributed by atoms with Crippen LogP contribution in [-0.4, -0.2) is 22.0 Å². The number of hydrogen-bond acceptors (Lipinski definition) is 3. The molecule has 0 saturated carbocycles. The molecule has 1 aromatic heterocycles. The molecular formula is C14H19ClN4. The lowest BCUT2D eigenvalue weighted by Gasteiger charge is -2.17. The van der Waals surface area contributed by atoms with Crippen LogP contribution < -0.4 is 5.32 Å². The molecule has 0 radical (unpaired) electrons. The summed E-state index contributed by atoms with van der Waals surface area (Å²) in [6, 6.07) is 8.15. The second-order valence-corrected chi connectivity index (χ2v) is 4.99. The number of aromatic nitrogens is 3. The minimum atomic E-state index is 0.194. The van der Waals surface area contributed by atoms with Crippen LogP contribution in [0.5, 0.6) is 0 Å². The Morgan fingerprint density at radius 1 is 1.42 bits per heavy atom. The molecule has 5 heteroatoms. The zero-order chi connectivity index (χ0) is 13.7. The third kappa shape index (κ3) is 3.55. The first-order valence-electron chi connectivity index (χ1n) is 6.54. The molecule has 0 aliphatic carbocycles. The van der Waals surface area contributed by atoms with Crippen LogP contribution in [0.3, 0.4) is 0 Å². The molecular weight excluding hydrogens is 260 g/mol. The summed E-state index contributed by atoms with van der Waals surface area (Å²) in [5, 5.41) is 12.2. The van der Waals surface area contributed by atoms with Gasteiger partial charge in [0.05, 0.1) is 17.9 Å². The highest BCUT2D eigenvalue weighted by molar-refractivity contribution is 6.30. The van der Waals surface area contributed by atoms with Crippen molar-refractivity contribution in [3.63, 3.8) is 0 Å². The molecule has 0 saturated heterocycles. The minimum absolute atomic E-state index is 0.194. The summed E-state index contributed by atoms with van der Waals surface area (Å²) in [6.07, 6.45) is 3.75. The van der Waals surface area contributed by atoms with Gasteiger partial charge in [-0.05, 0) is 37.6 Å². The zero-order valence-electron chi connectivity index (χ0n) is 11.3. The number of halogens is 1. The third-order valence-electron chi connectivity index (χ3n) is 3.12. The summed E-state index contributed by atoms with van der Waals surface area (Å²) in [7, 11) is 1.96. The van der Waals surface area contributed by atoms with Crippen molar-refractivity contribution in [3.8, 4) is 0 Å². The van der Waals surface area contributed by atoms with Gasteiger partial charge in [0.1, 0.15) is 0 Å². The standard InChI is InChI=1S/C14H19ClN4/c1-3-7-19-14(10-17-18-19)13(16-2)9-11-5-4-6-12(15)8-11/h4-6,8,10,13,16H,3,7,9H2,1-2H3. The first-order valence-corrected chi connectivity index (χ1v) is 6.92. The summed E-state index contributed by atoms with van der Waals surface area (Å²) >= 11 is 6.03. The Hall–Kier alpha value is -1.39. The molecule has 0 bridgehead atoms. The Balaban J connectivity index is 2.18. The number of nitrogens with one attached hydrogen (secondary N) is 1. The fourth-order valence-corrected chi connectivity index (χ4v) is 2.39. The van der Waals surface area contributed by atoms with E-state index in [9.17, 15) is 0 Å². The number of rotatable bonds is 6. The molecule has 0 fully saturated rings. The highest BCUT2D eigenvalue weighted by Gasteiger charge is 2.15. The fraction of sp³-hybridized carbons (Fsp3) is 0.429. The van der Waals surface area contributed by atoms with Crippen LogP contribution >= 0.6 is 11.6 Å². The maximum absolute atomic E-state index is 6.03. The molecule has 0 aliphatic heterocycles. The van der Waals surface area contributed by atoms with E-state index in [1.807, 2.05) is 36.1 Å². The lowest BCUT2D eigenvalue weighted by molar-refractivity contribution is 0.490. The van der Waals surface area contributed by atoms with Crippen molar-refractivity contribution in [3.05, 3.63) is 46.7 Å². The van der Waals surface area contributed by atoms with Gasteiger partial charge in [-0.1, -0.05) is 35.9 Å². The molecule has 0 amide bonds. The third-order valence-corrected chi connectivity index (χ3v) is 3.35. The number of benzene rings is 1. The Kier molecular flexibility index (Phi) is 4.93. The van der Waals surface area contributed by atoms with Gasteiger partial charge in [-0.15, -0.1) is 5.10 Å². The second kappa shape index (κ2) is 6.68. The molecule has 0 spiro atoms. The summed E-state index contributed by atoms with van der Waals surface area (Å²) in [4.78, 5) is 0. The predicted molar refractivity (Wildman–Crippen MR) is 77.3 cm³/mol. The normalized spacial score (nSPS) is 12.6. The molecule has 1 unspecified atom stereocenters. The second-order valence-electron chi connectivity index (χ2n) is 4.56. The maximum atomic E-state index is 6.03. The van der Waals surface area contributed by atoms with Crippen LogP contribution in [-0.2, 0) is 13.0 Å². The molecule has 1 aromatic carbocycles. The van der Waals surface area contributed by atoms with Gasteiger partial charge in [-0.2, -0.15) is 0 Å². The van der Waals surface area contributed by atoms with Crippen LogP contribution in [0.2, 0.25) is 5.02 Å². The van der Waals surface area contributed by atoms with Crippen LogP contribution in [0.4, 0.5) is 0 Å². The Labute approximate surface area is 118 Å². The first-order chi connectivity index (χ1) is 9.24. The minimum Gasteiger partial charge on any atom is -0.311 e. The number of likely N-dealkylation sites (N-methyl/N-ethyl adjacent to an activating group) is 1. The largest absolute Gasteiger partial charge is 0.311 e. The summed E-state index contributed by atoms with van der Waals surface area (Å²) in [5.74, 6) is 0. The summed E-state index contributed by atoms with van der Waals surface area (Å²) in [6.45, 7) is 3.03. The molecule has 1 atom stereocenters. The van der Waals surface area contributed by atoms with Gasteiger partial charge in [0.25, 0.3) is 0 Å². The van der Waals surface area contributed by atoms with Crippen LogP contribution in [0.1, 0.15) is 30.6 Å². The lowest BCUT2D eigenvalue weighted by atomic mass is 10.0. The molecule has 2 aromatic rings. The Morgan fingerprint density at radius 2 is 2.26 bits per heavy atom. The molecule has 19 heavy (non-hydrogen) atoms. The van der Waals surface area contributed by atoms with E-state index in [1.165, 1.54) is 5.56 Å². The smallest absolute Gasteiger partial charge is 0.0759 e. The Morgan fingerprint density at radius 3 is 2.95 bits per heavy atom. The van der Waals surface area contributed by atoms with Crippen LogP contribution in [0.15, 0.2) is 30.5 Å². The van der Waals surface area contributed by atoms with Crippen molar-refractivity contribution >= 4 is 11.6 Å². The van der Waals surface area contributed by atoms with Gasteiger partial charge < -0.3 is 5.32 Å². The van der Waals surface area contributed by atoms with E-state index in [0.717, 1.165) is 30.1 Å². The van der Waals surface area contributed by atoms with E-state index in [1.54, 1.807) is 0 Å². The summed E-state index contributed by atoms with van der Waals surface area (Å²) < 4.78 is 1.96. The maximum Gasteiger partial charge on any atom is 0.0759 e. The molecule has 0 aliphatic rings. The predicted octanol–water partition coefficient (Wildman–Crippen LogP) is 2.84. The number of hydrogen-bond donors (Lipinski definition) is 1. The molecule has 1 N–H and O–H groups in total. The zero-order valence-corrected chi connectivity index (χ0v) is 12.1. The van der Waals surface area contributed by atoms with Gasteiger partial charge in [0.2, 0.25) is 0 Å². The lowest BCUT2D eigenvalue weighted by Crippen LogP contribution is -2.22. The van der Waals surface area contributed by atoms with E-state index in [4.69, 9.17) is 11.6 Å². The van der Waals surface area contributed by atoms with Gasteiger partial charge >= 0.3 is 0 Å². The van der Waals surface area contributed by atoms with Crippen LogP contribution in [0.25, 0.3) is 0 Å². The van der Waals surface area contributed by atoms with Crippen molar-refractivity contribution < 1.29 is 0 Å². The molecule has 102 valence electrons. The number of aryl methyl sites for hydroxylation is 1. The Bertz CT molecular complexity index is 524. The van der Waals surface area contributed by atoms with E-state index in [2.05, 4.69) is 28.6 Å².